The topological polar surface area (TPSA) is 23.5 Å². The zero-order valence-corrected chi connectivity index (χ0v) is 10.3. The van der Waals surface area contributed by atoms with E-state index >= 15 is 0 Å². The lowest BCUT2D eigenvalue weighted by molar-refractivity contribution is 0.0471. The molecule has 0 spiro atoms. The molecular weight excluding hydrogens is 241 g/mol. The number of aliphatic hydroxyl groups is 1. The molecule has 2 nitrogen and oxygen atoms in total. The molecule has 1 aromatic rings. The molecule has 1 atom stereocenters. The highest BCUT2D eigenvalue weighted by molar-refractivity contribution is 6.30. The van der Waals surface area contributed by atoms with Crippen LogP contribution in [0.5, 0.6) is 0 Å². The quantitative estimate of drug-likeness (QED) is 0.840. The van der Waals surface area contributed by atoms with Crippen molar-refractivity contribution in [2.24, 2.45) is 0 Å². The largest absolute Gasteiger partial charge is 0.384 e. The lowest BCUT2D eigenvalue weighted by Gasteiger charge is -2.23. The monoisotopic (exact) mass is 255 g/mol. The van der Waals surface area contributed by atoms with Crippen molar-refractivity contribution in [3.63, 3.8) is 0 Å². The average Bonchev–Trinajstić information content (AvgIpc) is 2.66. The number of β-amino-alcohol motifs (C(OH)–C–C–N with tert-alkyl or cyclic N) is 1. The van der Waals surface area contributed by atoms with Gasteiger partial charge in [0.1, 0.15) is 11.4 Å². The SMILES string of the molecule is C=CCN1CCC(O)(c2ccc(Cl)c(F)c2)C1. The van der Waals surface area contributed by atoms with Crippen molar-refractivity contribution in [2.45, 2.75) is 12.0 Å². The first-order valence-electron chi connectivity index (χ1n) is 5.56. The number of halogens is 2. The van der Waals surface area contributed by atoms with E-state index in [2.05, 4.69) is 11.5 Å². The number of rotatable bonds is 3. The Morgan fingerprint density at radius 3 is 3.00 bits per heavy atom. The summed E-state index contributed by atoms with van der Waals surface area (Å²) in [6.07, 6.45) is 2.40. The van der Waals surface area contributed by atoms with E-state index in [0.29, 0.717) is 18.5 Å². The molecular formula is C13H15ClFNO. The number of likely N-dealkylation sites (tertiary alicyclic amines) is 1. The minimum atomic E-state index is -0.978. The standard InChI is InChI=1S/C13H15ClFNO/c1-2-6-16-7-5-13(17,9-16)10-3-4-11(14)12(15)8-10/h2-4,8,17H,1,5-7,9H2. The van der Waals surface area contributed by atoms with Gasteiger partial charge < -0.3 is 5.11 Å². The third-order valence-electron chi connectivity index (χ3n) is 3.17. The molecule has 1 aliphatic heterocycles. The molecule has 0 aromatic heterocycles. The fourth-order valence-electron chi connectivity index (χ4n) is 2.23. The van der Waals surface area contributed by atoms with Crippen molar-refractivity contribution < 1.29 is 9.50 Å². The van der Waals surface area contributed by atoms with Gasteiger partial charge in [-0.05, 0) is 24.1 Å². The van der Waals surface area contributed by atoms with Crippen molar-refractivity contribution in [3.05, 3.63) is 47.3 Å². The second-order valence-corrected chi connectivity index (χ2v) is 4.84. The van der Waals surface area contributed by atoms with E-state index in [-0.39, 0.29) is 5.02 Å². The van der Waals surface area contributed by atoms with Gasteiger partial charge in [0.05, 0.1) is 5.02 Å². The van der Waals surface area contributed by atoms with Gasteiger partial charge in [0, 0.05) is 19.6 Å². The summed E-state index contributed by atoms with van der Waals surface area (Å²) < 4.78 is 13.4. The minimum absolute atomic E-state index is 0.0818. The molecule has 0 amide bonds. The van der Waals surface area contributed by atoms with E-state index < -0.39 is 11.4 Å². The lowest BCUT2D eigenvalue weighted by Crippen LogP contribution is -2.30. The Labute approximate surface area is 105 Å². The van der Waals surface area contributed by atoms with Crippen LogP contribution in [0.2, 0.25) is 5.02 Å². The highest BCUT2D eigenvalue weighted by Crippen LogP contribution is 2.33. The Morgan fingerprint density at radius 1 is 1.59 bits per heavy atom. The molecule has 1 fully saturated rings. The summed E-state index contributed by atoms with van der Waals surface area (Å²) >= 11 is 5.63. The second-order valence-electron chi connectivity index (χ2n) is 4.43. The van der Waals surface area contributed by atoms with Gasteiger partial charge in [-0.1, -0.05) is 23.7 Å². The van der Waals surface area contributed by atoms with Crippen LogP contribution in [0.3, 0.4) is 0 Å². The van der Waals surface area contributed by atoms with Gasteiger partial charge in [-0.15, -0.1) is 6.58 Å². The van der Waals surface area contributed by atoms with Crippen LogP contribution in [0, 0.1) is 5.82 Å². The summed E-state index contributed by atoms with van der Waals surface area (Å²) in [5.74, 6) is -0.486. The average molecular weight is 256 g/mol. The number of hydrogen-bond donors (Lipinski definition) is 1. The molecule has 17 heavy (non-hydrogen) atoms. The van der Waals surface area contributed by atoms with Crippen LogP contribution < -0.4 is 0 Å². The van der Waals surface area contributed by atoms with Gasteiger partial charge in [-0.25, -0.2) is 4.39 Å². The fraction of sp³-hybridized carbons (Fsp3) is 0.385. The van der Waals surface area contributed by atoms with Gasteiger partial charge in [-0.2, -0.15) is 0 Å². The summed E-state index contributed by atoms with van der Waals surface area (Å²) in [6.45, 7) is 5.69. The number of hydrogen-bond acceptors (Lipinski definition) is 2. The Balaban J connectivity index is 2.21. The van der Waals surface area contributed by atoms with Crippen molar-refractivity contribution in [3.8, 4) is 0 Å². The highest BCUT2D eigenvalue weighted by Gasteiger charge is 2.37. The zero-order valence-electron chi connectivity index (χ0n) is 9.50. The van der Waals surface area contributed by atoms with Crippen LogP contribution in [-0.4, -0.2) is 29.6 Å². The summed E-state index contributed by atoms with van der Waals surface area (Å²) in [6, 6.07) is 4.49. The first kappa shape index (κ1) is 12.6. The second kappa shape index (κ2) is 4.77. The van der Waals surface area contributed by atoms with Crippen LogP contribution in [0.1, 0.15) is 12.0 Å². The normalized spacial score (nSPS) is 25.1. The lowest BCUT2D eigenvalue weighted by atomic mass is 9.93. The fourth-order valence-corrected chi connectivity index (χ4v) is 2.35. The van der Waals surface area contributed by atoms with Crippen LogP contribution in [0.15, 0.2) is 30.9 Å². The van der Waals surface area contributed by atoms with Crippen LogP contribution >= 0.6 is 11.6 Å². The maximum Gasteiger partial charge on any atom is 0.142 e. The van der Waals surface area contributed by atoms with E-state index in [1.54, 1.807) is 12.1 Å². The third-order valence-corrected chi connectivity index (χ3v) is 3.48. The maximum absolute atomic E-state index is 13.4. The maximum atomic E-state index is 13.4. The minimum Gasteiger partial charge on any atom is -0.384 e. The van der Waals surface area contributed by atoms with Crippen LogP contribution in [0.4, 0.5) is 4.39 Å². The predicted molar refractivity (Wildman–Crippen MR) is 66.6 cm³/mol. The third kappa shape index (κ3) is 2.51. The van der Waals surface area contributed by atoms with Crippen molar-refractivity contribution in [2.75, 3.05) is 19.6 Å². The molecule has 0 aliphatic carbocycles. The van der Waals surface area contributed by atoms with Crippen molar-refractivity contribution in [1.82, 2.24) is 4.90 Å². The molecule has 0 radical (unpaired) electrons. The number of nitrogens with zero attached hydrogens (tertiary/aromatic N) is 1. The first-order chi connectivity index (χ1) is 8.05. The summed E-state index contributed by atoms with van der Waals surface area (Å²) in [5.41, 5.74) is -0.389. The predicted octanol–water partition coefficient (Wildman–Crippen LogP) is 2.56. The molecule has 1 N–H and O–H groups in total. The molecule has 1 heterocycles. The van der Waals surface area contributed by atoms with Gasteiger partial charge in [0.15, 0.2) is 0 Å². The van der Waals surface area contributed by atoms with Crippen molar-refractivity contribution >= 4 is 11.6 Å². The molecule has 0 saturated carbocycles. The van der Waals surface area contributed by atoms with E-state index in [9.17, 15) is 9.50 Å². The molecule has 92 valence electrons. The molecule has 4 heteroatoms. The van der Waals surface area contributed by atoms with Gasteiger partial charge >= 0.3 is 0 Å². The summed E-state index contributed by atoms with van der Waals surface area (Å²) in [4.78, 5) is 2.08. The van der Waals surface area contributed by atoms with E-state index in [1.807, 2.05) is 0 Å². The Hall–Kier alpha value is -0.900. The molecule has 1 aromatic carbocycles. The van der Waals surface area contributed by atoms with Gasteiger partial charge in [0.2, 0.25) is 0 Å². The first-order valence-corrected chi connectivity index (χ1v) is 5.94. The molecule has 1 aliphatic rings. The molecule has 2 rings (SSSR count). The van der Waals surface area contributed by atoms with Gasteiger partial charge in [-0.3, -0.25) is 4.90 Å². The summed E-state index contributed by atoms with van der Waals surface area (Å²) in [5, 5.41) is 10.6. The van der Waals surface area contributed by atoms with E-state index in [4.69, 9.17) is 11.6 Å². The zero-order chi connectivity index (χ0) is 12.5. The van der Waals surface area contributed by atoms with Crippen LogP contribution in [0.25, 0.3) is 0 Å². The molecule has 1 unspecified atom stereocenters. The van der Waals surface area contributed by atoms with Crippen LogP contribution in [-0.2, 0) is 5.60 Å². The van der Waals surface area contributed by atoms with Crippen molar-refractivity contribution in [1.29, 1.82) is 0 Å². The Kier molecular flexibility index (Phi) is 3.52. The Morgan fingerprint density at radius 2 is 2.35 bits per heavy atom. The number of benzene rings is 1. The highest BCUT2D eigenvalue weighted by atomic mass is 35.5. The molecule has 1 saturated heterocycles. The van der Waals surface area contributed by atoms with E-state index in [0.717, 1.165) is 13.1 Å². The van der Waals surface area contributed by atoms with E-state index in [1.165, 1.54) is 12.1 Å². The molecule has 0 bridgehead atoms. The smallest absolute Gasteiger partial charge is 0.142 e. The summed E-state index contributed by atoms with van der Waals surface area (Å²) in [7, 11) is 0. The Bertz CT molecular complexity index is 437. The van der Waals surface area contributed by atoms with Gasteiger partial charge in [0.25, 0.3) is 0 Å².